The normalized spacial score (nSPS) is 24.9. The second kappa shape index (κ2) is 2.83. The molecule has 3 N–H and O–H groups in total. The molecule has 2 heteroatoms. The molecule has 15 heavy (non-hydrogen) atoms. The molecule has 2 nitrogen and oxygen atoms in total. The van der Waals surface area contributed by atoms with Gasteiger partial charge in [-0.1, -0.05) is 24.3 Å². The minimum atomic E-state index is -0.501. The van der Waals surface area contributed by atoms with E-state index in [2.05, 4.69) is 12.1 Å². The lowest BCUT2D eigenvalue weighted by Gasteiger charge is -2.11. The number of hydrogen-bond donors (Lipinski definition) is 2. The molecular formula is C13H17NO. The highest BCUT2D eigenvalue weighted by Gasteiger charge is 2.42. The molecule has 0 radical (unpaired) electrons. The van der Waals surface area contributed by atoms with Crippen molar-refractivity contribution in [3.8, 4) is 0 Å². The van der Waals surface area contributed by atoms with Gasteiger partial charge < -0.3 is 10.8 Å². The van der Waals surface area contributed by atoms with Gasteiger partial charge in [0.2, 0.25) is 0 Å². The largest absolute Gasteiger partial charge is 0.385 e. The van der Waals surface area contributed by atoms with Crippen molar-refractivity contribution in [2.45, 2.75) is 43.2 Å². The van der Waals surface area contributed by atoms with Gasteiger partial charge in [0, 0.05) is 5.54 Å². The van der Waals surface area contributed by atoms with Gasteiger partial charge in [0.15, 0.2) is 0 Å². The van der Waals surface area contributed by atoms with E-state index in [1.54, 1.807) is 0 Å². The summed E-state index contributed by atoms with van der Waals surface area (Å²) in [6.07, 6.45) is 5.10. The molecule has 2 saturated carbocycles. The molecule has 0 aliphatic heterocycles. The lowest BCUT2D eigenvalue weighted by atomic mass is 10.0. The summed E-state index contributed by atoms with van der Waals surface area (Å²) >= 11 is 0. The van der Waals surface area contributed by atoms with Gasteiger partial charge in [0.1, 0.15) is 0 Å². The minimum absolute atomic E-state index is 0.0813. The smallest absolute Gasteiger partial charge is 0.0899 e. The number of benzene rings is 1. The Morgan fingerprint density at radius 3 is 2.13 bits per heavy atom. The van der Waals surface area contributed by atoms with Crippen LogP contribution < -0.4 is 5.73 Å². The Hall–Kier alpha value is -0.860. The van der Waals surface area contributed by atoms with E-state index in [9.17, 15) is 5.11 Å². The van der Waals surface area contributed by atoms with E-state index in [-0.39, 0.29) is 5.54 Å². The lowest BCUT2D eigenvalue weighted by molar-refractivity contribution is 0.151. The molecule has 0 spiro atoms. The second-order valence-electron chi connectivity index (χ2n) is 5.27. The van der Waals surface area contributed by atoms with Crippen LogP contribution in [0.15, 0.2) is 24.3 Å². The molecular weight excluding hydrogens is 186 g/mol. The van der Waals surface area contributed by atoms with E-state index in [4.69, 9.17) is 5.73 Å². The molecule has 1 aromatic carbocycles. The van der Waals surface area contributed by atoms with E-state index in [1.807, 2.05) is 12.1 Å². The summed E-state index contributed by atoms with van der Waals surface area (Å²) < 4.78 is 0. The van der Waals surface area contributed by atoms with Crippen molar-refractivity contribution in [1.82, 2.24) is 0 Å². The summed E-state index contributed by atoms with van der Waals surface area (Å²) in [5.74, 6) is 0. The van der Waals surface area contributed by atoms with Crippen molar-refractivity contribution >= 4 is 0 Å². The van der Waals surface area contributed by atoms with Gasteiger partial charge in [-0.25, -0.2) is 0 Å². The van der Waals surface area contributed by atoms with Crippen LogP contribution in [0.2, 0.25) is 0 Å². The fourth-order valence-electron chi connectivity index (χ4n) is 2.08. The first kappa shape index (κ1) is 9.37. The Kier molecular flexibility index (Phi) is 1.77. The average Bonchev–Trinajstić information content (AvgIpc) is 3.10. The first-order valence-corrected chi connectivity index (χ1v) is 5.70. The molecule has 0 atom stereocenters. The monoisotopic (exact) mass is 203 g/mol. The molecule has 2 fully saturated rings. The number of rotatable bonds is 3. The average molecular weight is 203 g/mol. The quantitative estimate of drug-likeness (QED) is 0.785. The topological polar surface area (TPSA) is 46.2 Å². The van der Waals surface area contributed by atoms with Gasteiger partial charge in [-0.3, -0.25) is 0 Å². The fraction of sp³-hybridized carbons (Fsp3) is 0.538. The zero-order valence-electron chi connectivity index (χ0n) is 8.87. The van der Waals surface area contributed by atoms with Crippen LogP contribution in [0.25, 0.3) is 0 Å². The molecule has 0 heterocycles. The summed E-state index contributed by atoms with van der Waals surface area (Å²) in [5, 5.41) is 9.91. The molecule has 0 saturated heterocycles. The fourth-order valence-corrected chi connectivity index (χ4v) is 2.08. The van der Waals surface area contributed by atoms with E-state index in [0.717, 1.165) is 37.7 Å². The maximum Gasteiger partial charge on any atom is 0.0899 e. The molecule has 80 valence electrons. The first-order chi connectivity index (χ1) is 7.10. The van der Waals surface area contributed by atoms with Crippen LogP contribution in [0.4, 0.5) is 0 Å². The summed E-state index contributed by atoms with van der Waals surface area (Å²) in [7, 11) is 0. The molecule has 0 bridgehead atoms. The molecule has 2 aliphatic carbocycles. The van der Waals surface area contributed by atoms with Gasteiger partial charge in [0.25, 0.3) is 0 Å². The zero-order chi connectivity index (χ0) is 10.5. The van der Waals surface area contributed by atoms with Crippen LogP contribution in [-0.4, -0.2) is 10.6 Å². The highest BCUT2D eigenvalue weighted by Crippen LogP contribution is 2.45. The van der Waals surface area contributed by atoms with Crippen LogP contribution >= 0.6 is 0 Å². The van der Waals surface area contributed by atoms with Crippen molar-refractivity contribution < 1.29 is 5.11 Å². The minimum Gasteiger partial charge on any atom is -0.385 e. The van der Waals surface area contributed by atoms with Crippen LogP contribution in [-0.2, 0) is 12.0 Å². The third kappa shape index (κ3) is 1.80. The Balaban J connectivity index is 1.76. The predicted molar refractivity (Wildman–Crippen MR) is 59.4 cm³/mol. The van der Waals surface area contributed by atoms with Gasteiger partial charge in [0.05, 0.1) is 5.60 Å². The van der Waals surface area contributed by atoms with E-state index < -0.39 is 5.60 Å². The maximum absolute atomic E-state index is 9.91. The SMILES string of the molecule is NC1(Cc2ccc(C3(O)CC3)cc2)CC1. The molecule has 0 amide bonds. The number of aliphatic hydroxyl groups is 1. The van der Waals surface area contributed by atoms with Crippen LogP contribution in [0.3, 0.4) is 0 Å². The van der Waals surface area contributed by atoms with Crippen LogP contribution in [0.1, 0.15) is 36.8 Å². The van der Waals surface area contributed by atoms with Crippen molar-refractivity contribution in [1.29, 1.82) is 0 Å². The van der Waals surface area contributed by atoms with Gasteiger partial charge in [-0.2, -0.15) is 0 Å². The summed E-state index contributed by atoms with van der Waals surface area (Å²) in [6.45, 7) is 0. The Morgan fingerprint density at radius 2 is 1.67 bits per heavy atom. The van der Waals surface area contributed by atoms with Crippen LogP contribution in [0, 0.1) is 0 Å². The van der Waals surface area contributed by atoms with E-state index in [0.29, 0.717) is 0 Å². The van der Waals surface area contributed by atoms with Crippen molar-refractivity contribution in [3.05, 3.63) is 35.4 Å². The van der Waals surface area contributed by atoms with Crippen molar-refractivity contribution in [2.75, 3.05) is 0 Å². The summed E-state index contributed by atoms with van der Waals surface area (Å²) in [4.78, 5) is 0. The third-order valence-electron chi connectivity index (χ3n) is 3.66. The van der Waals surface area contributed by atoms with Gasteiger partial charge in [-0.05, 0) is 43.2 Å². The standard InChI is InChI=1S/C13H17NO/c14-12(5-6-12)9-10-1-3-11(4-2-10)13(15)7-8-13/h1-4,15H,5-9,14H2. The zero-order valence-corrected chi connectivity index (χ0v) is 8.87. The van der Waals surface area contributed by atoms with Crippen LogP contribution in [0.5, 0.6) is 0 Å². The summed E-state index contributed by atoms with van der Waals surface area (Å²) in [6, 6.07) is 8.32. The van der Waals surface area contributed by atoms with E-state index >= 15 is 0 Å². The highest BCUT2D eigenvalue weighted by molar-refractivity contribution is 5.32. The number of nitrogens with two attached hydrogens (primary N) is 1. The molecule has 3 rings (SSSR count). The second-order valence-corrected chi connectivity index (χ2v) is 5.27. The maximum atomic E-state index is 9.91. The third-order valence-corrected chi connectivity index (χ3v) is 3.66. The molecule has 0 unspecified atom stereocenters. The number of hydrogen-bond acceptors (Lipinski definition) is 2. The Bertz CT molecular complexity index is 374. The summed E-state index contributed by atoms with van der Waals surface area (Å²) in [5.41, 5.74) is 8.00. The molecule has 0 aromatic heterocycles. The lowest BCUT2D eigenvalue weighted by Crippen LogP contribution is -2.24. The molecule has 1 aromatic rings. The van der Waals surface area contributed by atoms with E-state index in [1.165, 1.54) is 5.56 Å². The van der Waals surface area contributed by atoms with Crippen molar-refractivity contribution in [2.24, 2.45) is 5.73 Å². The van der Waals surface area contributed by atoms with Gasteiger partial charge >= 0.3 is 0 Å². The van der Waals surface area contributed by atoms with Crippen molar-refractivity contribution in [3.63, 3.8) is 0 Å². The van der Waals surface area contributed by atoms with Gasteiger partial charge in [-0.15, -0.1) is 0 Å². The Morgan fingerprint density at radius 1 is 1.07 bits per heavy atom. The molecule has 2 aliphatic rings. The highest BCUT2D eigenvalue weighted by atomic mass is 16.3. The Labute approximate surface area is 90.1 Å². The first-order valence-electron chi connectivity index (χ1n) is 5.70. The predicted octanol–water partition coefficient (Wildman–Crippen LogP) is 1.70.